The average Bonchev–Trinajstić information content (AvgIpc) is 2.96. The summed E-state index contributed by atoms with van der Waals surface area (Å²) in [4.78, 5) is 44.4. The van der Waals surface area contributed by atoms with Crippen molar-refractivity contribution in [2.75, 3.05) is 24.5 Å². The summed E-state index contributed by atoms with van der Waals surface area (Å²) >= 11 is 0.793. The Morgan fingerprint density at radius 1 is 1.36 bits per heavy atom. The van der Waals surface area contributed by atoms with Gasteiger partial charge in [0.2, 0.25) is 5.95 Å². The zero-order chi connectivity index (χ0) is 20.3. The van der Waals surface area contributed by atoms with Crippen LogP contribution in [0.4, 0.5) is 23.9 Å². The summed E-state index contributed by atoms with van der Waals surface area (Å²) in [5.41, 5.74) is 0.469. The number of anilines is 1. The lowest BCUT2D eigenvalue weighted by atomic mass is 9.97. The molecule has 1 aromatic heterocycles. The molecular weight excluding hydrogens is 399 g/mol. The lowest BCUT2D eigenvalue weighted by Crippen LogP contribution is -2.43. The smallest absolute Gasteiger partial charge is 0.348 e. The molecule has 2 N–H and O–H groups in total. The molecule has 0 radical (unpaired) electrons. The number of halogens is 3. The number of imide groups is 1. The number of hydrogen-bond acceptors (Lipinski definition) is 7. The lowest BCUT2D eigenvalue weighted by Gasteiger charge is -2.32. The third-order valence-electron chi connectivity index (χ3n) is 4.29. The van der Waals surface area contributed by atoms with Crippen molar-refractivity contribution in [2.24, 2.45) is 5.92 Å². The van der Waals surface area contributed by atoms with Crippen molar-refractivity contribution >= 4 is 40.8 Å². The van der Waals surface area contributed by atoms with Crippen LogP contribution in [0.15, 0.2) is 17.2 Å². The Morgan fingerprint density at radius 3 is 2.68 bits per heavy atom. The highest BCUT2D eigenvalue weighted by Crippen LogP contribution is 2.26. The Balaban J connectivity index is 1.56. The molecule has 0 bridgehead atoms. The molecule has 12 heteroatoms. The molecule has 3 heterocycles. The molecule has 0 aromatic carbocycles. The Labute approximate surface area is 162 Å². The lowest BCUT2D eigenvalue weighted by molar-refractivity contribution is -0.173. The SMILES string of the molecule is O=C1NC(=O)/C(=C\c2ccnc(N3CCC(CNC(=O)C(F)(F)F)CC3)n2)S1. The van der Waals surface area contributed by atoms with Crippen molar-refractivity contribution in [3.63, 3.8) is 0 Å². The van der Waals surface area contributed by atoms with Crippen molar-refractivity contribution in [3.8, 4) is 0 Å². The van der Waals surface area contributed by atoms with Crippen LogP contribution in [0.25, 0.3) is 6.08 Å². The van der Waals surface area contributed by atoms with Crippen LogP contribution in [0, 0.1) is 5.92 Å². The maximum absolute atomic E-state index is 12.2. The molecule has 2 saturated heterocycles. The summed E-state index contributed by atoms with van der Waals surface area (Å²) in [5, 5.41) is 3.64. The molecule has 1 aromatic rings. The highest BCUT2D eigenvalue weighted by molar-refractivity contribution is 8.18. The van der Waals surface area contributed by atoms with Gasteiger partial charge in [-0.05, 0) is 42.7 Å². The number of thioether (sulfide) groups is 1. The molecule has 0 atom stereocenters. The average molecular weight is 415 g/mol. The minimum absolute atomic E-state index is 0.0282. The van der Waals surface area contributed by atoms with Crippen LogP contribution in [0.5, 0.6) is 0 Å². The van der Waals surface area contributed by atoms with E-state index in [1.54, 1.807) is 6.07 Å². The molecule has 8 nitrogen and oxygen atoms in total. The van der Waals surface area contributed by atoms with Crippen LogP contribution in [0.2, 0.25) is 0 Å². The second-order valence-electron chi connectivity index (χ2n) is 6.27. The minimum Gasteiger partial charge on any atom is -0.348 e. The maximum atomic E-state index is 12.2. The van der Waals surface area contributed by atoms with Gasteiger partial charge in [-0.2, -0.15) is 13.2 Å². The van der Waals surface area contributed by atoms with E-state index in [2.05, 4.69) is 15.3 Å². The predicted octanol–water partition coefficient (Wildman–Crippen LogP) is 1.70. The van der Waals surface area contributed by atoms with Crippen molar-refractivity contribution in [3.05, 3.63) is 22.9 Å². The van der Waals surface area contributed by atoms with E-state index in [1.807, 2.05) is 10.2 Å². The monoisotopic (exact) mass is 415 g/mol. The van der Waals surface area contributed by atoms with E-state index in [1.165, 1.54) is 12.3 Å². The number of hydrogen-bond donors (Lipinski definition) is 2. The van der Waals surface area contributed by atoms with Gasteiger partial charge in [0, 0.05) is 25.8 Å². The van der Waals surface area contributed by atoms with Gasteiger partial charge in [-0.25, -0.2) is 9.97 Å². The van der Waals surface area contributed by atoms with Gasteiger partial charge in [-0.15, -0.1) is 0 Å². The number of amides is 3. The highest BCUT2D eigenvalue weighted by atomic mass is 32.2. The Bertz CT molecular complexity index is 822. The number of rotatable bonds is 4. The number of aromatic nitrogens is 2. The first kappa shape index (κ1) is 20.1. The minimum atomic E-state index is -4.87. The van der Waals surface area contributed by atoms with Crippen molar-refractivity contribution in [2.45, 2.75) is 19.0 Å². The van der Waals surface area contributed by atoms with Gasteiger partial charge < -0.3 is 10.2 Å². The van der Waals surface area contributed by atoms with Gasteiger partial charge in [0.25, 0.3) is 11.1 Å². The maximum Gasteiger partial charge on any atom is 0.471 e. The molecular formula is C16H16F3N5O3S. The molecule has 0 saturated carbocycles. The fourth-order valence-corrected chi connectivity index (χ4v) is 3.49. The van der Waals surface area contributed by atoms with E-state index in [0.717, 1.165) is 11.8 Å². The fourth-order valence-electron chi connectivity index (χ4n) is 2.82. The van der Waals surface area contributed by atoms with Gasteiger partial charge in [0.1, 0.15) is 0 Å². The molecule has 3 amide bonds. The van der Waals surface area contributed by atoms with E-state index in [-0.39, 0.29) is 17.4 Å². The number of carbonyl (C=O) groups is 3. The van der Waals surface area contributed by atoms with E-state index in [4.69, 9.17) is 0 Å². The summed E-state index contributed by atoms with van der Waals surface area (Å²) < 4.78 is 36.7. The summed E-state index contributed by atoms with van der Waals surface area (Å²) in [7, 11) is 0. The van der Waals surface area contributed by atoms with Gasteiger partial charge in [0.15, 0.2) is 0 Å². The zero-order valence-corrected chi connectivity index (χ0v) is 15.3. The van der Waals surface area contributed by atoms with Crippen LogP contribution in [0.3, 0.4) is 0 Å². The Kier molecular flexibility index (Phi) is 5.87. The summed E-state index contributed by atoms with van der Waals surface area (Å²) in [6.45, 7) is 1.03. The molecule has 0 spiro atoms. The number of carbonyl (C=O) groups excluding carboxylic acids is 3. The van der Waals surface area contributed by atoms with Crippen LogP contribution in [0.1, 0.15) is 18.5 Å². The molecule has 2 aliphatic rings. The van der Waals surface area contributed by atoms with E-state index in [9.17, 15) is 27.6 Å². The molecule has 2 fully saturated rings. The van der Waals surface area contributed by atoms with E-state index in [0.29, 0.717) is 37.6 Å². The van der Waals surface area contributed by atoms with Gasteiger partial charge >= 0.3 is 12.1 Å². The van der Waals surface area contributed by atoms with Crippen LogP contribution in [-0.2, 0) is 9.59 Å². The summed E-state index contributed by atoms with van der Waals surface area (Å²) in [6.07, 6.45) is -0.680. The molecule has 3 rings (SSSR count). The summed E-state index contributed by atoms with van der Waals surface area (Å²) in [5.74, 6) is -2.03. The van der Waals surface area contributed by atoms with E-state index < -0.39 is 23.2 Å². The first-order chi connectivity index (χ1) is 13.2. The fraction of sp³-hybridized carbons (Fsp3) is 0.438. The van der Waals surface area contributed by atoms with Gasteiger partial charge in [-0.3, -0.25) is 19.7 Å². The standard InChI is InChI=1S/C16H16F3N5O3S/c17-16(18,19)13(26)21-8-9-2-5-24(6-3-9)14-20-4-1-10(22-14)7-11-12(25)23-15(27)28-11/h1,4,7,9H,2-3,5-6,8H2,(H,21,26)(H,23,25,27)/b11-7+. The quantitative estimate of drug-likeness (QED) is 0.722. The zero-order valence-electron chi connectivity index (χ0n) is 14.5. The van der Waals surface area contributed by atoms with Crippen molar-refractivity contribution < 1.29 is 27.6 Å². The number of alkyl halides is 3. The van der Waals surface area contributed by atoms with Crippen molar-refractivity contribution in [1.82, 2.24) is 20.6 Å². The normalized spacial score (nSPS) is 19.8. The van der Waals surface area contributed by atoms with Crippen molar-refractivity contribution in [1.29, 1.82) is 0 Å². The first-order valence-electron chi connectivity index (χ1n) is 8.40. The van der Waals surface area contributed by atoms with Crippen LogP contribution in [-0.4, -0.2) is 52.8 Å². The second-order valence-corrected chi connectivity index (χ2v) is 7.29. The number of nitrogens with one attached hydrogen (secondary N) is 2. The molecule has 2 aliphatic heterocycles. The summed E-state index contributed by atoms with van der Waals surface area (Å²) in [6, 6.07) is 1.60. The highest BCUT2D eigenvalue weighted by Gasteiger charge is 2.38. The topological polar surface area (TPSA) is 104 Å². The van der Waals surface area contributed by atoms with Crippen LogP contribution >= 0.6 is 11.8 Å². The molecule has 0 unspecified atom stereocenters. The Hall–Kier alpha value is -2.63. The number of nitrogens with zero attached hydrogens (tertiary/aromatic N) is 3. The predicted molar refractivity (Wildman–Crippen MR) is 95.1 cm³/mol. The van der Waals surface area contributed by atoms with Gasteiger partial charge in [-0.1, -0.05) is 0 Å². The van der Waals surface area contributed by atoms with Crippen LogP contribution < -0.4 is 15.5 Å². The first-order valence-corrected chi connectivity index (χ1v) is 9.22. The molecule has 28 heavy (non-hydrogen) atoms. The molecule has 150 valence electrons. The van der Waals surface area contributed by atoms with Gasteiger partial charge in [0.05, 0.1) is 10.6 Å². The van der Waals surface area contributed by atoms with E-state index >= 15 is 0 Å². The Morgan fingerprint density at radius 2 is 2.07 bits per heavy atom. The molecule has 0 aliphatic carbocycles. The largest absolute Gasteiger partial charge is 0.471 e. The third kappa shape index (κ3) is 5.00. The number of piperidine rings is 1. The third-order valence-corrected chi connectivity index (χ3v) is 5.10. The second kappa shape index (κ2) is 8.17.